The summed E-state index contributed by atoms with van der Waals surface area (Å²) in [6.07, 6.45) is -1.30. The standard InChI is InChI=1S/C22H24BrF3N4OS/c1-3-6-16-18(19-15(23)11-29-30(19)2)17(20(32-16)21(28)31)13(10-27)9-12-7-4-5-8-14(12)22(24,25)26/h4-5,7-8,11,13H,3,6,9-10,27H2,1-2H3,(H2,28,31)/t13-/m1/s1. The quantitative estimate of drug-likeness (QED) is 0.417. The lowest BCUT2D eigenvalue weighted by molar-refractivity contribution is -0.138. The Morgan fingerprint density at radius 3 is 2.53 bits per heavy atom. The Morgan fingerprint density at radius 2 is 2.00 bits per heavy atom. The number of alkyl halides is 3. The summed E-state index contributed by atoms with van der Waals surface area (Å²) in [5, 5.41) is 4.28. The first-order valence-electron chi connectivity index (χ1n) is 10.1. The summed E-state index contributed by atoms with van der Waals surface area (Å²) in [7, 11) is 1.78. The van der Waals surface area contributed by atoms with Crippen LogP contribution >= 0.6 is 27.3 Å². The van der Waals surface area contributed by atoms with Gasteiger partial charge in [-0.05, 0) is 52.5 Å². The highest BCUT2D eigenvalue weighted by Crippen LogP contribution is 2.45. The van der Waals surface area contributed by atoms with Crippen molar-refractivity contribution < 1.29 is 18.0 Å². The number of hydrogen-bond acceptors (Lipinski definition) is 4. The van der Waals surface area contributed by atoms with Gasteiger partial charge in [0.05, 0.1) is 26.8 Å². The Kier molecular flexibility index (Phi) is 7.46. The molecule has 0 spiro atoms. The molecule has 0 aliphatic carbocycles. The number of rotatable bonds is 8. The fraction of sp³-hybridized carbons (Fsp3) is 0.364. The average Bonchev–Trinajstić information content (AvgIpc) is 3.25. The molecule has 10 heteroatoms. The van der Waals surface area contributed by atoms with Crippen molar-refractivity contribution in [1.29, 1.82) is 0 Å². The zero-order valence-electron chi connectivity index (χ0n) is 17.7. The SMILES string of the molecule is CCCc1sc(C(N)=O)c([C@@H](CN)Cc2ccccc2C(F)(F)F)c1-c1c(Br)cnn1C. The molecule has 0 saturated carbocycles. The van der Waals surface area contributed by atoms with Crippen LogP contribution in [0.4, 0.5) is 13.2 Å². The van der Waals surface area contributed by atoms with Gasteiger partial charge in [0, 0.05) is 23.4 Å². The zero-order chi connectivity index (χ0) is 23.6. The Morgan fingerprint density at radius 1 is 1.31 bits per heavy atom. The van der Waals surface area contributed by atoms with E-state index in [-0.39, 0.29) is 18.5 Å². The van der Waals surface area contributed by atoms with Crippen molar-refractivity contribution in [3.05, 3.63) is 61.4 Å². The van der Waals surface area contributed by atoms with Crippen molar-refractivity contribution in [2.75, 3.05) is 6.54 Å². The number of carbonyl (C=O) groups is 1. The minimum Gasteiger partial charge on any atom is -0.365 e. The van der Waals surface area contributed by atoms with Crippen LogP contribution in [0.3, 0.4) is 0 Å². The Bertz CT molecular complexity index is 1100. The van der Waals surface area contributed by atoms with Crippen molar-refractivity contribution in [2.45, 2.75) is 38.3 Å². The molecule has 2 aromatic heterocycles. The Balaban J connectivity index is 2.24. The number of nitrogens with two attached hydrogens (primary N) is 2. The molecule has 1 amide bonds. The number of carbonyl (C=O) groups excluding carboxylic acids is 1. The first-order chi connectivity index (χ1) is 15.1. The molecule has 0 unspecified atom stereocenters. The predicted molar refractivity (Wildman–Crippen MR) is 124 cm³/mol. The van der Waals surface area contributed by atoms with Crippen LogP contribution in [-0.4, -0.2) is 22.2 Å². The van der Waals surface area contributed by atoms with Gasteiger partial charge in [-0.25, -0.2) is 0 Å². The van der Waals surface area contributed by atoms with Crippen LogP contribution in [0.5, 0.6) is 0 Å². The maximum Gasteiger partial charge on any atom is 0.416 e. The van der Waals surface area contributed by atoms with E-state index in [9.17, 15) is 18.0 Å². The van der Waals surface area contributed by atoms with E-state index in [0.29, 0.717) is 16.9 Å². The van der Waals surface area contributed by atoms with E-state index in [4.69, 9.17) is 11.5 Å². The van der Waals surface area contributed by atoms with E-state index in [2.05, 4.69) is 21.0 Å². The topological polar surface area (TPSA) is 86.9 Å². The van der Waals surface area contributed by atoms with Crippen molar-refractivity contribution in [3.8, 4) is 11.3 Å². The number of primary amides is 1. The minimum absolute atomic E-state index is 0.0250. The van der Waals surface area contributed by atoms with Crippen LogP contribution in [0.15, 0.2) is 34.9 Å². The van der Waals surface area contributed by atoms with Crippen molar-refractivity contribution in [2.24, 2.45) is 18.5 Å². The maximum atomic E-state index is 13.6. The van der Waals surface area contributed by atoms with Gasteiger partial charge in [0.15, 0.2) is 0 Å². The molecule has 3 aromatic rings. The van der Waals surface area contributed by atoms with E-state index in [1.165, 1.54) is 23.5 Å². The van der Waals surface area contributed by atoms with Gasteiger partial charge in [-0.3, -0.25) is 9.48 Å². The van der Waals surface area contributed by atoms with Gasteiger partial charge in [-0.15, -0.1) is 11.3 Å². The van der Waals surface area contributed by atoms with Crippen LogP contribution < -0.4 is 11.5 Å². The molecule has 172 valence electrons. The minimum atomic E-state index is -4.49. The largest absolute Gasteiger partial charge is 0.416 e. The molecular weight excluding hydrogens is 505 g/mol. The second-order valence-electron chi connectivity index (χ2n) is 7.51. The normalized spacial score (nSPS) is 12.8. The van der Waals surface area contributed by atoms with E-state index in [1.807, 2.05) is 6.92 Å². The van der Waals surface area contributed by atoms with E-state index < -0.39 is 23.6 Å². The van der Waals surface area contributed by atoms with Crippen LogP contribution in [0.2, 0.25) is 0 Å². The summed E-state index contributed by atoms with van der Waals surface area (Å²) in [6, 6.07) is 5.45. The molecule has 0 fully saturated rings. The van der Waals surface area contributed by atoms with Gasteiger partial charge in [-0.2, -0.15) is 18.3 Å². The molecule has 4 N–H and O–H groups in total. The number of benzene rings is 1. The molecule has 32 heavy (non-hydrogen) atoms. The van der Waals surface area contributed by atoms with Crippen LogP contribution in [0.25, 0.3) is 11.3 Å². The van der Waals surface area contributed by atoms with E-state index in [0.717, 1.165) is 33.1 Å². The second-order valence-corrected chi connectivity index (χ2v) is 9.47. The first-order valence-corrected chi connectivity index (χ1v) is 11.7. The zero-order valence-corrected chi connectivity index (χ0v) is 20.1. The average molecular weight is 529 g/mol. The lowest BCUT2D eigenvalue weighted by Gasteiger charge is -2.21. The molecule has 3 rings (SSSR count). The molecule has 0 aliphatic heterocycles. The number of amides is 1. The maximum absolute atomic E-state index is 13.6. The van der Waals surface area contributed by atoms with Crippen molar-refractivity contribution >= 4 is 33.2 Å². The summed E-state index contributed by atoms with van der Waals surface area (Å²) in [4.78, 5) is 13.7. The third-order valence-electron chi connectivity index (χ3n) is 5.33. The molecule has 1 atom stereocenters. The Labute approximate surface area is 196 Å². The third-order valence-corrected chi connectivity index (χ3v) is 7.19. The van der Waals surface area contributed by atoms with Gasteiger partial charge in [0.1, 0.15) is 0 Å². The van der Waals surface area contributed by atoms with Gasteiger partial charge < -0.3 is 11.5 Å². The Hall–Kier alpha value is -2.17. The van der Waals surface area contributed by atoms with Crippen LogP contribution in [-0.2, 0) is 26.1 Å². The number of halogens is 4. The van der Waals surface area contributed by atoms with Gasteiger partial charge >= 0.3 is 6.18 Å². The molecule has 0 bridgehead atoms. The number of aryl methyl sites for hydroxylation is 2. The summed E-state index contributed by atoms with van der Waals surface area (Å²) in [5.41, 5.74) is 13.4. The molecule has 0 saturated heterocycles. The molecular formula is C22H24BrF3N4OS. The second kappa shape index (κ2) is 9.76. The third kappa shape index (κ3) is 4.77. The predicted octanol–water partition coefficient (Wildman–Crippen LogP) is 5.27. The number of aromatic nitrogens is 2. The van der Waals surface area contributed by atoms with Crippen LogP contribution in [0.1, 0.15) is 50.5 Å². The number of hydrogen-bond donors (Lipinski definition) is 2. The number of nitrogens with zero attached hydrogens (tertiary/aromatic N) is 2. The highest BCUT2D eigenvalue weighted by atomic mass is 79.9. The lowest BCUT2D eigenvalue weighted by Crippen LogP contribution is -2.21. The summed E-state index contributed by atoms with van der Waals surface area (Å²) >= 11 is 4.80. The highest BCUT2D eigenvalue weighted by molar-refractivity contribution is 9.10. The fourth-order valence-electron chi connectivity index (χ4n) is 3.96. The first kappa shape index (κ1) is 24.5. The summed E-state index contributed by atoms with van der Waals surface area (Å²) < 4.78 is 43.2. The highest BCUT2D eigenvalue weighted by Gasteiger charge is 2.35. The smallest absolute Gasteiger partial charge is 0.365 e. The van der Waals surface area contributed by atoms with E-state index in [1.54, 1.807) is 24.0 Å². The van der Waals surface area contributed by atoms with Crippen molar-refractivity contribution in [3.63, 3.8) is 0 Å². The molecule has 0 aliphatic rings. The monoisotopic (exact) mass is 528 g/mol. The fourth-order valence-corrected chi connectivity index (χ4v) is 5.85. The lowest BCUT2D eigenvalue weighted by atomic mass is 9.86. The molecule has 1 aromatic carbocycles. The summed E-state index contributed by atoms with van der Waals surface area (Å²) in [6.45, 7) is 2.07. The van der Waals surface area contributed by atoms with Gasteiger partial charge in [0.25, 0.3) is 5.91 Å². The number of thiophene rings is 1. The molecule has 5 nitrogen and oxygen atoms in total. The van der Waals surface area contributed by atoms with Gasteiger partial charge in [-0.1, -0.05) is 31.5 Å². The summed E-state index contributed by atoms with van der Waals surface area (Å²) in [5.74, 6) is -1.16. The van der Waals surface area contributed by atoms with Gasteiger partial charge in [0.2, 0.25) is 0 Å². The van der Waals surface area contributed by atoms with Crippen molar-refractivity contribution in [1.82, 2.24) is 9.78 Å². The molecule has 0 radical (unpaired) electrons. The molecule has 2 heterocycles. The van der Waals surface area contributed by atoms with E-state index >= 15 is 0 Å². The van der Waals surface area contributed by atoms with Crippen LogP contribution in [0, 0.1) is 0 Å².